The number of carbonyl (C=O) groups is 1. The minimum Gasteiger partial charge on any atom is -0.494 e. The van der Waals surface area contributed by atoms with Crippen molar-refractivity contribution in [1.29, 1.82) is 0 Å². The topological polar surface area (TPSA) is 91.0 Å². The summed E-state index contributed by atoms with van der Waals surface area (Å²) in [6.07, 6.45) is 1.59. The lowest BCUT2D eigenvalue weighted by Gasteiger charge is -2.13. The minimum atomic E-state index is -0.430. The van der Waals surface area contributed by atoms with Gasteiger partial charge in [-0.25, -0.2) is 14.4 Å². The Bertz CT molecular complexity index is 1680. The van der Waals surface area contributed by atoms with Gasteiger partial charge in [0, 0.05) is 17.3 Å². The maximum Gasteiger partial charge on any atom is 0.278 e. The number of thiazole rings is 2. The van der Waals surface area contributed by atoms with Gasteiger partial charge in [-0.1, -0.05) is 23.1 Å². The Labute approximate surface area is 227 Å². The van der Waals surface area contributed by atoms with Crippen molar-refractivity contribution < 1.29 is 13.9 Å². The number of hydrogen-bond donors (Lipinski definition) is 1. The van der Waals surface area contributed by atoms with Crippen molar-refractivity contribution in [3.63, 3.8) is 0 Å². The molecule has 0 radical (unpaired) electrons. The number of fused-ring (bicyclic) bond motifs is 1. The van der Waals surface area contributed by atoms with Crippen molar-refractivity contribution in [2.75, 3.05) is 17.7 Å². The molecule has 0 spiro atoms. The Hall–Kier alpha value is -3.39. The number of benzene rings is 2. The molecule has 0 saturated heterocycles. The van der Waals surface area contributed by atoms with E-state index in [2.05, 4.69) is 10.3 Å². The van der Waals surface area contributed by atoms with Crippen LogP contribution >= 0.6 is 46.7 Å². The van der Waals surface area contributed by atoms with Crippen LogP contribution in [0.2, 0.25) is 0 Å². The van der Waals surface area contributed by atoms with Crippen molar-refractivity contribution >= 4 is 68.0 Å². The van der Waals surface area contributed by atoms with Crippen molar-refractivity contribution in [3.8, 4) is 17.1 Å². The van der Waals surface area contributed by atoms with E-state index in [9.17, 15) is 14.0 Å². The lowest BCUT2D eigenvalue weighted by atomic mass is 10.3. The molecule has 0 saturated carbocycles. The number of carbonyl (C=O) groups excluding carboxylic acids is 1. The Morgan fingerprint density at radius 2 is 1.84 bits per heavy atom. The number of amides is 1. The van der Waals surface area contributed by atoms with E-state index in [-0.39, 0.29) is 22.4 Å². The van der Waals surface area contributed by atoms with Crippen molar-refractivity contribution in [2.45, 2.75) is 12.1 Å². The summed E-state index contributed by atoms with van der Waals surface area (Å²) >= 11 is 9.14. The molecule has 1 amide bonds. The maximum absolute atomic E-state index is 13.7. The molecule has 2 aromatic carbocycles. The van der Waals surface area contributed by atoms with E-state index >= 15 is 0 Å². The summed E-state index contributed by atoms with van der Waals surface area (Å²) in [4.78, 5) is 35.1. The molecular weight excluding hydrogens is 554 g/mol. The average Bonchev–Trinajstić information content (AvgIpc) is 3.52. The normalized spacial score (nSPS) is 11.1. The summed E-state index contributed by atoms with van der Waals surface area (Å²) in [5.74, 6) is -0.0349. The standard InChI is InChI=1S/C24H18FN5O3S4/c1-2-33-17-9-7-15(8-10-17)29-20-19(37-24(29)34)21(32)30(16-5-3-14(25)4-6-16)23(28-20)36-13-18(31)27-22-26-11-12-35-22/h3-12H,2,13H2,1H3,(H,26,27,31). The number of nitrogens with zero attached hydrogens (tertiary/aromatic N) is 4. The molecule has 3 aromatic heterocycles. The molecular formula is C24H18FN5O3S4. The van der Waals surface area contributed by atoms with Crippen LogP contribution in [0.4, 0.5) is 9.52 Å². The van der Waals surface area contributed by atoms with Crippen molar-refractivity contribution in [3.05, 3.63) is 80.2 Å². The highest BCUT2D eigenvalue weighted by molar-refractivity contribution is 7.99. The van der Waals surface area contributed by atoms with Crippen LogP contribution in [0.15, 0.2) is 70.1 Å². The largest absolute Gasteiger partial charge is 0.494 e. The zero-order valence-corrected chi connectivity index (χ0v) is 22.5. The third-order valence-electron chi connectivity index (χ3n) is 5.08. The Morgan fingerprint density at radius 1 is 1.14 bits per heavy atom. The van der Waals surface area contributed by atoms with Gasteiger partial charge in [0.1, 0.15) is 16.3 Å². The molecule has 5 aromatic rings. The Morgan fingerprint density at radius 3 is 2.51 bits per heavy atom. The summed E-state index contributed by atoms with van der Waals surface area (Å²) in [5, 5.41) is 5.22. The number of aromatic nitrogens is 4. The second-order valence-electron chi connectivity index (χ2n) is 7.47. The molecule has 1 N–H and O–H groups in total. The highest BCUT2D eigenvalue weighted by Gasteiger charge is 2.20. The second kappa shape index (κ2) is 10.9. The minimum absolute atomic E-state index is 0.0212. The van der Waals surface area contributed by atoms with Gasteiger partial charge in [-0.3, -0.25) is 18.7 Å². The first-order chi connectivity index (χ1) is 17.9. The number of anilines is 1. The first-order valence-electron chi connectivity index (χ1n) is 10.9. The molecule has 0 atom stereocenters. The van der Waals surface area contributed by atoms with Gasteiger partial charge in [0.2, 0.25) is 5.91 Å². The lowest BCUT2D eigenvalue weighted by molar-refractivity contribution is -0.113. The van der Waals surface area contributed by atoms with Gasteiger partial charge in [0.15, 0.2) is 19.9 Å². The van der Waals surface area contributed by atoms with Crippen LogP contribution in [0, 0.1) is 9.77 Å². The number of rotatable bonds is 8. The molecule has 0 aliphatic carbocycles. The summed E-state index contributed by atoms with van der Waals surface area (Å²) in [6, 6.07) is 12.8. The van der Waals surface area contributed by atoms with E-state index in [1.807, 2.05) is 31.2 Å². The van der Waals surface area contributed by atoms with Crippen LogP contribution in [-0.4, -0.2) is 37.4 Å². The van der Waals surface area contributed by atoms with Gasteiger partial charge < -0.3 is 10.1 Å². The lowest BCUT2D eigenvalue weighted by Crippen LogP contribution is -2.22. The van der Waals surface area contributed by atoms with Gasteiger partial charge in [0.25, 0.3) is 5.56 Å². The molecule has 0 aliphatic heterocycles. The maximum atomic E-state index is 13.7. The number of nitrogens with one attached hydrogen (secondary N) is 1. The Kier molecular flexibility index (Phi) is 7.46. The predicted octanol–water partition coefficient (Wildman–Crippen LogP) is 5.69. The van der Waals surface area contributed by atoms with Crippen LogP contribution in [0.25, 0.3) is 21.7 Å². The number of halogens is 1. The van der Waals surface area contributed by atoms with E-state index in [1.54, 1.807) is 16.1 Å². The van der Waals surface area contributed by atoms with Gasteiger partial charge in [-0.15, -0.1) is 11.3 Å². The highest BCUT2D eigenvalue weighted by atomic mass is 32.2. The van der Waals surface area contributed by atoms with Crippen molar-refractivity contribution in [1.82, 2.24) is 19.1 Å². The third-order valence-corrected chi connectivity index (χ3v) is 8.06. The number of hydrogen-bond acceptors (Lipinski definition) is 9. The molecule has 5 rings (SSSR count). The van der Waals surface area contributed by atoms with Gasteiger partial charge >= 0.3 is 0 Å². The molecule has 0 bridgehead atoms. The number of ether oxygens (including phenoxy) is 1. The van der Waals surface area contributed by atoms with Crippen LogP contribution in [0.5, 0.6) is 5.75 Å². The molecule has 0 fully saturated rings. The zero-order valence-electron chi connectivity index (χ0n) is 19.2. The summed E-state index contributed by atoms with van der Waals surface area (Å²) in [5.41, 5.74) is 1.17. The third kappa shape index (κ3) is 5.34. The van der Waals surface area contributed by atoms with Crippen LogP contribution < -0.4 is 15.6 Å². The van der Waals surface area contributed by atoms with E-state index in [1.165, 1.54) is 40.2 Å². The summed E-state index contributed by atoms with van der Waals surface area (Å²) < 4.78 is 23.0. The molecule has 0 aliphatic rings. The van der Waals surface area contributed by atoms with E-state index in [0.29, 0.717) is 37.5 Å². The molecule has 3 heterocycles. The average molecular weight is 572 g/mol. The van der Waals surface area contributed by atoms with Gasteiger partial charge in [-0.2, -0.15) is 0 Å². The van der Waals surface area contributed by atoms with E-state index in [4.69, 9.17) is 21.9 Å². The quantitative estimate of drug-likeness (QED) is 0.145. The second-order valence-corrected chi connectivity index (χ2v) is 10.9. The van der Waals surface area contributed by atoms with Gasteiger partial charge in [-0.05, 0) is 67.7 Å². The first-order valence-corrected chi connectivity index (χ1v) is 14.0. The molecule has 13 heteroatoms. The van der Waals surface area contributed by atoms with Crippen molar-refractivity contribution in [2.24, 2.45) is 0 Å². The highest BCUT2D eigenvalue weighted by Crippen LogP contribution is 2.28. The number of thioether (sulfide) groups is 1. The smallest absolute Gasteiger partial charge is 0.278 e. The molecule has 8 nitrogen and oxygen atoms in total. The summed E-state index contributed by atoms with van der Waals surface area (Å²) in [6.45, 7) is 2.45. The fraction of sp³-hybridized carbons (Fsp3) is 0.125. The monoisotopic (exact) mass is 571 g/mol. The molecule has 37 heavy (non-hydrogen) atoms. The molecule has 0 unspecified atom stereocenters. The molecule has 188 valence electrons. The van der Waals surface area contributed by atoms with Crippen LogP contribution in [0.1, 0.15) is 6.92 Å². The fourth-order valence-corrected chi connectivity index (χ4v) is 6.16. The van der Waals surface area contributed by atoms with E-state index < -0.39 is 5.82 Å². The van der Waals surface area contributed by atoms with Crippen LogP contribution in [0.3, 0.4) is 0 Å². The SMILES string of the molecule is CCOc1ccc(-n2c(=S)sc3c(=O)n(-c4ccc(F)cc4)c(SCC(=O)Nc4nccs4)nc32)cc1. The van der Waals surface area contributed by atoms with Gasteiger partial charge in [0.05, 0.1) is 18.0 Å². The summed E-state index contributed by atoms with van der Waals surface area (Å²) in [7, 11) is 0. The Balaban J connectivity index is 1.60. The first kappa shape index (κ1) is 25.3. The predicted molar refractivity (Wildman–Crippen MR) is 148 cm³/mol. The van der Waals surface area contributed by atoms with E-state index in [0.717, 1.165) is 28.8 Å². The zero-order chi connectivity index (χ0) is 25.9. The van der Waals surface area contributed by atoms with Crippen LogP contribution in [-0.2, 0) is 4.79 Å². The fourth-order valence-electron chi connectivity index (χ4n) is 3.51.